The third-order valence-corrected chi connectivity index (χ3v) is 4.22. The van der Waals surface area contributed by atoms with Crippen LogP contribution in [0.4, 0.5) is 11.4 Å². The second kappa shape index (κ2) is 11.2. The second-order valence-electron chi connectivity index (χ2n) is 5.84. The van der Waals surface area contributed by atoms with Gasteiger partial charge < -0.3 is 9.84 Å². The molecule has 0 radical (unpaired) electrons. The molecule has 0 atom stereocenters. The zero-order chi connectivity index (χ0) is 20.7. The van der Waals surface area contributed by atoms with Crippen molar-refractivity contribution in [3.05, 3.63) is 72.8 Å². The molecule has 0 bridgehead atoms. The molecule has 8 nitrogen and oxygen atoms in total. The van der Waals surface area contributed by atoms with Crippen molar-refractivity contribution in [2.24, 2.45) is 10.2 Å². The van der Waals surface area contributed by atoms with E-state index in [-0.39, 0.29) is 54.2 Å². The summed E-state index contributed by atoms with van der Waals surface area (Å²) in [5.74, 6) is 0.227. The van der Waals surface area contributed by atoms with Crippen molar-refractivity contribution in [1.29, 1.82) is 0 Å². The molecule has 0 aromatic heterocycles. The monoisotopic (exact) mass is 436 g/mol. The summed E-state index contributed by atoms with van der Waals surface area (Å²) >= 11 is 0. The SMILES string of the molecule is O=S(=O)(O)OCCOc1ccc(N=Nc2cc(-c3ccccc3)ccc2[O-])cc1.[Na+]. The Morgan fingerprint density at radius 1 is 0.867 bits per heavy atom. The topological polar surface area (TPSA) is 121 Å². The Labute approximate surface area is 196 Å². The Balaban J connectivity index is 0.00000320. The van der Waals surface area contributed by atoms with Crippen LogP contribution in [0.15, 0.2) is 83.0 Å². The standard InChI is InChI=1S/C20H18N2O6S.Na/c23-20-11-6-16(15-4-2-1-3-5-15)14-19(20)22-21-17-7-9-18(10-8-17)27-12-13-28-29(24,25)26;/h1-11,14,23H,12-13H2,(H,24,25,26);/q;+1/p-1. The molecule has 0 aliphatic rings. The molecule has 0 fully saturated rings. The van der Waals surface area contributed by atoms with Crippen LogP contribution in [0.2, 0.25) is 0 Å². The number of benzene rings is 3. The summed E-state index contributed by atoms with van der Waals surface area (Å²) < 4.78 is 38.8. The van der Waals surface area contributed by atoms with Crippen LogP contribution in [-0.4, -0.2) is 26.2 Å². The van der Waals surface area contributed by atoms with E-state index < -0.39 is 10.4 Å². The summed E-state index contributed by atoms with van der Waals surface area (Å²) in [5, 5.41) is 20.2. The molecule has 0 spiro atoms. The summed E-state index contributed by atoms with van der Waals surface area (Å²) in [6.45, 7) is -0.378. The molecule has 1 N–H and O–H groups in total. The third kappa shape index (κ3) is 7.52. The van der Waals surface area contributed by atoms with Gasteiger partial charge >= 0.3 is 40.0 Å². The quantitative estimate of drug-likeness (QED) is 0.244. The van der Waals surface area contributed by atoms with Crippen molar-refractivity contribution in [3.8, 4) is 22.6 Å². The van der Waals surface area contributed by atoms with E-state index in [1.165, 1.54) is 6.07 Å². The van der Waals surface area contributed by atoms with Gasteiger partial charge in [-0.3, -0.25) is 4.55 Å². The molecule has 150 valence electrons. The number of ether oxygens (including phenoxy) is 1. The van der Waals surface area contributed by atoms with Gasteiger partial charge in [0.2, 0.25) is 0 Å². The van der Waals surface area contributed by atoms with Crippen LogP contribution >= 0.6 is 0 Å². The van der Waals surface area contributed by atoms with Gasteiger partial charge in [0.25, 0.3) is 0 Å². The number of hydrogen-bond acceptors (Lipinski definition) is 7. The maximum Gasteiger partial charge on any atom is 1.00 e. The number of rotatable bonds is 8. The minimum Gasteiger partial charge on any atom is -0.871 e. The summed E-state index contributed by atoms with van der Waals surface area (Å²) in [4.78, 5) is 0. The Morgan fingerprint density at radius 2 is 1.57 bits per heavy atom. The molecule has 3 aromatic rings. The Kier molecular flexibility index (Phi) is 8.97. The van der Waals surface area contributed by atoms with Crippen LogP contribution in [0, 0.1) is 0 Å². The minimum atomic E-state index is -4.48. The molecule has 30 heavy (non-hydrogen) atoms. The summed E-state index contributed by atoms with van der Waals surface area (Å²) in [6, 6.07) is 21.0. The fraction of sp³-hybridized carbons (Fsp3) is 0.100. The van der Waals surface area contributed by atoms with E-state index in [0.717, 1.165) is 11.1 Å². The van der Waals surface area contributed by atoms with Crippen LogP contribution in [-0.2, 0) is 14.6 Å². The molecule has 0 unspecified atom stereocenters. The van der Waals surface area contributed by atoms with Crippen LogP contribution in [0.5, 0.6) is 11.5 Å². The van der Waals surface area contributed by atoms with Gasteiger partial charge in [-0.2, -0.15) is 18.6 Å². The molecule has 10 heteroatoms. The molecule has 3 aromatic carbocycles. The third-order valence-electron chi connectivity index (χ3n) is 3.76. The molecule has 0 saturated heterocycles. The average Bonchev–Trinajstić information content (AvgIpc) is 2.71. The smallest absolute Gasteiger partial charge is 0.871 e. The van der Waals surface area contributed by atoms with Crippen molar-refractivity contribution in [1.82, 2.24) is 0 Å². The molecular weight excluding hydrogens is 419 g/mol. The molecule has 0 amide bonds. The van der Waals surface area contributed by atoms with Gasteiger partial charge in [0.1, 0.15) is 19.0 Å². The first-order chi connectivity index (χ1) is 13.9. The summed E-state index contributed by atoms with van der Waals surface area (Å²) in [7, 11) is -4.48. The van der Waals surface area contributed by atoms with Crippen LogP contribution in [0.1, 0.15) is 0 Å². The maximum atomic E-state index is 12.0. The van der Waals surface area contributed by atoms with Crippen LogP contribution < -0.4 is 39.4 Å². The van der Waals surface area contributed by atoms with E-state index in [9.17, 15) is 13.5 Å². The van der Waals surface area contributed by atoms with E-state index in [1.54, 1.807) is 36.4 Å². The van der Waals surface area contributed by atoms with Gasteiger partial charge in [-0.1, -0.05) is 48.2 Å². The summed E-state index contributed by atoms with van der Waals surface area (Å²) in [5.41, 5.74) is 2.59. The van der Waals surface area contributed by atoms with Crippen molar-refractivity contribution in [2.45, 2.75) is 0 Å². The predicted octanol–water partition coefficient (Wildman–Crippen LogP) is 1.04. The first kappa shape index (κ1) is 24.0. The first-order valence-corrected chi connectivity index (χ1v) is 9.90. The average molecular weight is 436 g/mol. The summed E-state index contributed by atoms with van der Waals surface area (Å²) in [6.07, 6.45) is 0. The van der Waals surface area contributed by atoms with Crippen molar-refractivity contribution in [3.63, 3.8) is 0 Å². The van der Waals surface area contributed by atoms with E-state index in [0.29, 0.717) is 11.4 Å². The van der Waals surface area contributed by atoms with Crippen molar-refractivity contribution < 1.29 is 56.6 Å². The number of azo groups is 1. The van der Waals surface area contributed by atoms with Gasteiger partial charge in [-0.15, -0.1) is 0 Å². The van der Waals surface area contributed by atoms with Gasteiger partial charge in [0.15, 0.2) is 0 Å². The Morgan fingerprint density at radius 3 is 2.23 bits per heavy atom. The van der Waals surface area contributed by atoms with E-state index in [1.807, 2.05) is 30.3 Å². The Bertz CT molecular complexity index is 1090. The van der Waals surface area contributed by atoms with E-state index in [2.05, 4.69) is 14.4 Å². The predicted molar refractivity (Wildman–Crippen MR) is 105 cm³/mol. The molecule has 3 rings (SSSR count). The largest absolute Gasteiger partial charge is 1.00 e. The van der Waals surface area contributed by atoms with E-state index in [4.69, 9.17) is 9.29 Å². The first-order valence-electron chi connectivity index (χ1n) is 8.54. The normalized spacial score (nSPS) is 11.2. The minimum absolute atomic E-state index is 0. The second-order valence-corrected chi connectivity index (χ2v) is 6.93. The van der Waals surface area contributed by atoms with Gasteiger partial charge in [-0.25, -0.2) is 4.18 Å². The van der Waals surface area contributed by atoms with Crippen LogP contribution in [0.25, 0.3) is 11.1 Å². The fourth-order valence-corrected chi connectivity index (χ4v) is 2.70. The zero-order valence-corrected chi connectivity index (χ0v) is 19.0. The molecule has 0 aliphatic carbocycles. The molecule has 0 heterocycles. The van der Waals surface area contributed by atoms with Crippen molar-refractivity contribution >= 4 is 21.8 Å². The maximum absolute atomic E-state index is 12.0. The van der Waals surface area contributed by atoms with E-state index >= 15 is 0 Å². The van der Waals surface area contributed by atoms with Gasteiger partial charge in [-0.05, 0) is 41.5 Å². The molecule has 0 aliphatic heterocycles. The number of nitrogens with zero attached hydrogens (tertiary/aromatic N) is 2. The molecular formula is C20H17N2NaO6S. The molecule has 0 saturated carbocycles. The fourth-order valence-electron chi connectivity index (χ4n) is 2.43. The number of hydrogen-bond donors (Lipinski definition) is 1. The van der Waals surface area contributed by atoms with Gasteiger partial charge in [0, 0.05) is 0 Å². The Hall–Kier alpha value is -2.27. The van der Waals surface area contributed by atoms with Gasteiger partial charge in [0.05, 0.1) is 11.4 Å². The zero-order valence-electron chi connectivity index (χ0n) is 16.1. The van der Waals surface area contributed by atoms with Crippen molar-refractivity contribution in [2.75, 3.05) is 13.2 Å². The van der Waals surface area contributed by atoms with Crippen LogP contribution in [0.3, 0.4) is 0 Å².